The molecule has 0 saturated carbocycles. The zero-order chi connectivity index (χ0) is 21.0. The van der Waals surface area contributed by atoms with E-state index >= 15 is 0 Å². The molecule has 2 aliphatic rings. The second-order valence-electron chi connectivity index (χ2n) is 7.33. The van der Waals surface area contributed by atoms with Crippen LogP contribution in [0.25, 0.3) is 0 Å². The molecule has 0 spiro atoms. The number of hydrogen-bond donors (Lipinski definition) is 1. The van der Waals surface area contributed by atoms with Crippen molar-refractivity contribution < 1.29 is 17.9 Å². The number of sulfone groups is 1. The van der Waals surface area contributed by atoms with Gasteiger partial charge >= 0.3 is 0 Å². The quantitative estimate of drug-likeness (QED) is 0.590. The lowest BCUT2D eigenvalue weighted by Gasteiger charge is -2.28. The van der Waals surface area contributed by atoms with Gasteiger partial charge in [0.05, 0.1) is 29.4 Å². The normalized spacial score (nSPS) is 22.8. The topological polar surface area (TPSA) is 101 Å². The molecule has 4 rings (SSSR count). The lowest BCUT2D eigenvalue weighted by atomic mass is 10.2. The number of ether oxygens (including phenoxy) is 1. The molecular formula is C19H24N4O4S3. The van der Waals surface area contributed by atoms with E-state index < -0.39 is 9.84 Å². The van der Waals surface area contributed by atoms with E-state index in [1.165, 1.54) is 23.1 Å². The van der Waals surface area contributed by atoms with Crippen LogP contribution >= 0.6 is 23.1 Å². The van der Waals surface area contributed by atoms with Crippen LogP contribution < -0.4 is 10.2 Å². The van der Waals surface area contributed by atoms with Gasteiger partial charge in [0.1, 0.15) is 0 Å². The Morgan fingerprint density at radius 2 is 2.10 bits per heavy atom. The number of nitrogens with zero attached hydrogens (tertiary/aromatic N) is 3. The molecular weight excluding hydrogens is 444 g/mol. The Morgan fingerprint density at radius 3 is 2.80 bits per heavy atom. The van der Waals surface area contributed by atoms with E-state index in [0.29, 0.717) is 22.4 Å². The molecule has 2 atom stereocenters. The minimum absolute atomic E-state index is 0.00835. The maximum absolute atomic E-state index is 13.1. The average molecular weight is 469 g/mol. The van der Waals surface area contributed by atoms with Crippen molar-refractivity contribution in [2.45, 2.75) is 35.7 Å². The second-order valence-corrected chi connectivity index (χ2v) is 11.8. The number of nitrogens with one attached hydrogen (secondary N) is 1. The number of anilines is 2. The highest BCUT2D eigenvalue weighted by molar-refractivity contribution is 8.01. The van der Waals surface area contributed by atoms with Gasteiger partial charge < -0.3 is 15.0 Å². The van der Waals surface area contributed by atoms with Crippen LogP contribution in [0.4, 0.5) is 10.8 Å². The molecule has 2 aromatic rings. The number of benzene rings is 1. The van der Waals surface area contributed by atoms with Gasteiger partial charge in [0.2, 0.25) is 11.0 Å². The lowest BCUT2D eigenvalue weighted by Crippen LogP contribution is -2.42. The summed E-state index contributed by atoms with van der Waals surface area (Å²) in [6.07, 6.45) is 2.82. The Morgan fingerprint density at radius 1 is 1.27 bits per heavy atom. The van der Waals surface area contributed by atoms with Crippen LogP contribution in [0, 0.1) is 0 Å². The summed E-state index contributed by atoms with van der Waals surface area (Å²) in [5.41, 5.74) is 0.724. The highest BCUT2D eigenvalue weighted by Gasteiger charge is 2.35. The molecule has 2 fully saturated rings. The Bertz CT molecular complexity index is 961. The maximum Gasteiger partial charge on any atom is 0.237 e. The zero-order valence-corrected chi connectivity index (χ0v) is 18.8. The van der Waals surface area contributed by atoms with Gasteiger partial charge in [-0.15, -0.1) is 10.2 Å². The number of carbonyl (C=O) groups is 1. The summed E-state index contributed by atoms with van der Waals surface area (Å²) in [6, 6.07) is 8.92. The van der Waals surface area contributed by atoms with Gasteiger partial charge in [-0.3, -0.25) is 4.79 Å². The van der Waals surface area contributed by atoms with Gasteiger partial charge in [-0.05, 0) is 31.4 Å². The summed E-state index contributed by atoms with van der Waals surface area (Å²) in [4.78, 5) is 14.7. The van der Waals surface area contributed by atoms with Gasteiger partial charge in [0.25, 0.3) is 0 Å². The molecule has 8 nitrogen and oxygen atoms in total. The number of carbonyl (C=O) groups excluding carboxylic acids is 1. The Balaban J connectivity index is 1.37. The first-order valence-electron chi connectivity index (χ1n) is 9.89. The molecule has 2 aliphatic heterocycles. The van der Waals surface area contributed by atoms with Crippen molar-refractivity contribution in [3.8, 4) is 0 Å². The van der Waals surface area contributed by atoms with E-state index in [-0.39, 0.29) is 35.3 Å². The number of thioether (sulfide) groups is 1. The molecule has 1 amide bonds. The fourth-order valence-corrected chi connectivity index (χ4v) is 6.98. The fraction of sp³-hybridized carbons (Fsp3) is 0.526. The number of hydrogen-bond acceptors (Lipinski definition) is 9. The van der Waals surface area contributed by atoms with Crippen LogP contribution in [0.2, 0.25) is 0 Å². The van der Waals surface area contributed by atoms with Gasteiger partial charge in [-0.2, -0.15) is 0 Å². The van der Waals surface area contributed by atoms with Crippen molar-refractivity contribution in [3.63, 3.8) is 0 Å². The highest BCUT2D eigenvalue weighted by atomic mass is 32.2. The third kappa shape index (κ3) is 5.51. The SMILES string of the molecule is O=C(CSc1nnc(NC[C@@H]2CCCO2)s1)N(c1ccccc1)[C@H]1CCS(=O)(=O)C1. The molecule has 162 valence electrons. The van der Waals surface area contributed by atoms with E-state index in [0.717, 1.165) is 25.1 Å². The van der Waals surface area contributed by atoms with Crippen LogP contribution in [-0.2, 0) is 19.4 Å². The van der Waals surface area contributed by atoms with Gasteiger partial charge in [-0.1, -0.05) is 41.3 Å². The molecule has 0 radical (unpaired) electrons. The third-order valence-electron chi connectivity index (χ3n) is 5.11. The standard InChI is InChI=1S/C19H24N4O4S3/c24-17(12-28-19-22-21-18(29-19)20-11-16-7-4-9-27-16)23(14-5-2-1-3-6-14)15-8-10-30(25,26)13-15/h1-3,5-6,15-16H,4,7-13H2,(H,20,21)/t15-,16-/m0/s1. The maximum atomic E-state index is 13.1. The molecule has 0 aliphatic carbocycles. The van der Waals surface area contributed by atoms with Gasteiger partial charge in [-0.25, -0.2) is 8.42 Å². The Hall–Kier alpha value is -1.69. The summed E-state index contributed by atoms with van der Waals surface area (Å²) in [6.45, 7) is 1.52. The summed E-state index contributed by atoms with van der Waals surface area (Å²) < 4.78 is 30.2. The Kier molecular flexibility index (Phi) is 6.91. The van der Waals surface area contributed by atoms with Crippen LogP contribution in [0.3, 0.4) is 0 Å². The molecule has 1 aromatic carbocycles. The lowest BCUT2D eigenvalue weighted by molar-refractivity contribution is -0.116. The second kappa shape index (κ2) is 9.63. The van der Waals surface area contributed by atoms with E-state index in [1.807, 2.05) is 30.3 Å². The molecule has 30 heavy (non-hydrogen) atoms. The zero-order valence-electron chi connectivity index (χ0n) is 16.4. The predicted molar refractivity (Wildman–Crippen MR) is 119 cm³/mol. The minimum atomic E-state index is -3.10. The summed E-state index contributed by atoms with van der Waals surface area (Å²) in [5.74, 6) is 0.176. The summed E-state index contributed by atoms with van der Waals surface area (Å²) in [7, 11) is -3.10. The molecule has 0 unspecified atom stereocenters. The number of rotatable bonds is 8. The molecule has 1 N–H and O–H groups in total. The van der Waals surface area contributed by atoms with Crippen molar-refractivity contribution in [3.05, 3.63) is 30.3 Å². The smallest absolute Gasteiger partial charge is 0.237 e. The molecule has 3 heterocycles. The number of aromatic nitrogens is 2. The van der Waals surface area contributed by atoms with Crippen molar-refractivity contribution >= 4 is 49.7 Å². The van der Waals surface area contributed by atoms with Crippen LogP contribution in [0.1, 0.15) is 19.3 Å². The first-order valence-corrected chi connectivity index (χ1v) is 13.5. The average Bonchev–Trinajstić information content (AvgIpc) is 3.47. The van der Waals surface area contributed by atoms with Crippen molar-refractivity contribution in [1.82, 2.24) is 10.2 Å². The van der Waals surface area contributed by atoms with Crippen LogP contribution in [-0.4, -0.2) is 67.1 Å². The van der Waals surface area contributed by atoms with Crippen molar-refractivity contribution in [2.24, 2.45) is 0 Å². The number of amides is 1. The van der Waals surface area contributed by atoms with Crippen LogP contribution in [0.5, 0.6) is 0 Å². The molecule has 0 bridgehead atoms. The monoisotopic (exact) mass is 468 g/mol. The largest absolute Gasteiger partial charge is 0.376 e. The molecule has 1 aromatic heterocycles. The van der Waals surface area contributed by atoms with E-state index in [9.17, 15) is 13.2 Å². The summed E-state index contributed by atoms with van der Waals surface area (Å²) >= 11 is 2.73. The highest BCUT2D eigenvalue weighted by Crippen LogP contribution is 2.29. The number of para-hydroxylation sites is 1. The Labute approximate surface area is 184 Å². The van der Waals surface area contributed by atoms with Crippen LogP contribution in [0.15, 0.2) is 34.7 Å². The first-order chi connectivity index (χ1) is 14.5. The van der Waals surface area contributed by atoms with Crippen molar-refractivity contribution in [1.29, 1.82) is 0 Å². The summed E-state index contributed by atoms with van der Waals surface area (Å²) in [5, 5.41) is 12.2. The van der Waals surface area contributed by atoms with Gasteiger partial charge in [0.15, 0.2) is 14.2 Å². The van der Waals surface area contributed by atoms with E-state index in [2.05, 4.69) is 15.5 Å². The van der Waals surface area contributed by atoms with E-state index in [4.69, 9.17) is 4.74 Å². The van der Waals surface area contributed by atoms with E-state index in [1.54, 1.807) is 4.90 Å². The third-order valence-corrected chi connectivity index (χ3v) is 8.86. The minimum Gasteiger partial charge on any atom is -0.376 e. The first kappa shape index (κ1) is 21.5. The molecule has 2 saturated heterocycles. The molecule has 11 heteroatoms. The predicted octanol–water partition coefficient (Wildman–Crippen LogP) is 2.44. The van der Waals surface area contributed by atoms with Crippen molar-refractivity contribution in [2.75, 3.05) is 40.6 Å². The van der Waals surface area contributed by atoms with Gasteiger partial charge in [0, 0.05) is 18.8 Å². The fourth-order valence-electron chi connectivity index (χ4n) is 3.67.